The number of alkyl halides is 3. The van der Waals surface area contributed by atoms with E-state index in [1.54, 1.807) is 31.2 Å². The number of nitrogens with two attached hydrogens (primary N) is 1. The number of halogens is 3. The van der Waals surface area contributed by atoms with Gasteiger partial charge in [0.05, 0.1) is 0 Å². The molecule has 1 rings (SSSR count). The van der Waals surface area contributed by atoms with Crippen LogP contribution in [0.5, 0.6) is 0 Å². The van der Waals surface area contributed by atoms with Crippen LogP contribution in [0.25, 0.3) is 0 Å². The molecule has 1 aromatic rings. The second-order valence-electron chi connectivity index (χ2n) is 4.01. The molecule has 0 aliphatic heterocycles. The van der Waals surface area contributed by atoms with Crippen molar-refractivity contribution < 1.29 is 13.2 Å². The summed E-state index contributed by atoms with van der Waals surface area (Å²) in [6, 6.07) is 6.77. The van der Waals surface area contributed by atoms with Crippen LogP contribution in [0.3, 0.4) is 0 Å². The van der Waals surface area contributed by atoms with E-state index in [0.717, 1.165) is 5.56 Å². The first-order valence-electron chi connectivity index (χ1n) is 5.50. The van der Waals surface area contributed by atoms with Gasteiger partial charge in [-0.2, -0.15) is 13.2 Å². The second kappa shape index (κ2) is 5.40. The smallest absolute Gasteiger partial charge is 0.363 e. The molecular formula is C12H17F3N2. The summed E-state index contributed by atoms with van der Waals surface area (Å²) in [5, 5.41) is 0. The maximum Gasteiger partial charge on any atom is 0.405 e. The van der Waals surface area contributed by atoms with Crippen LogP contribution in [0.1, 0.15) is 25.5 Å². The zero-order chi connectivity index (χ0) is 13.1. The molecule has 5 heteroatoms. The average Bonchev–Trinajstić information content (AvgIpc) is 2.25. The van der Waals surface area contributed by atoms with Crippen LogP contribution in [0.15, 0.2) is 24.3 Å². The van der Waals surface area contributed by atoms with Crippen molar-refractivity contribution in [2.24, 2.45) is 5.73 Å². The van der Waals surface area contributed by atoms with E-state index < -0.39 is 12.7 Å². The minimum atomic E-state index is -4.18. The Morgan fingerprint density at radius 3 is 2.12 bits per heavy atom. The fraction of sp³-hybridized carbons (Fsp3) is 0.500. The predicted molar refractivity (Wildman–Crippen MR) is 63.0 cm³/mol. The molecule has 17 heavy (non-hydrogen) atoms. The van der Waals surface area contributed by atoms with Gasteiger partial charge in [-0.25, -0.2) is 0 Å². The third kappa shape index (κ3) is 4.26. The molecule has 0 aromatic heterocycles. The number of hydrogen-bond acceptors (Lipinski definition) is 2. The highest BCUT2D eigenvalue weighted by atomic mass is 19.4. The van der Waals surface area contributed by atoms with Crippen LogP contribution < -0.4 is 10.6 Å². The van der Waals surface area contributed by atoms with E-state index >= 15 is 0 Å². The number of benzene rings is 1. The van der Waals surface area contributed by atoms with Gasteiger partial charge >= 0.3 is 6.18 Å². The van der Waals surface area contributed by atoms with Crippen molar-refractivity contribution in [3.63, 3.8) is 0 Å². The summed E-state index contributed by atoms with van der Waals surface area (Å²) in [5.41, 5.74) is 7.16. The molecule has 2 N–H and O–H groups in total. The van der Waals surface area contributed by atoms with Crippen molar-refractivity contribution in [1.29, 1.82) is 0 Å². The number of hydrogen-bond donors (Lipinski definition) is 1. The lowest BCUT2D eigenvalue weighted by Gasteiger charge is -2.24. The molecule has 0 radical (unpaired) electrons. The molecule has 0 saturated carbocycles. The lowest BCUT2D eigenvalue weighted by Crippen LogP contribution is -2.34. The molecule has 96 valence electrons. The summed E-state index contributed by atoms with van der Waals surface area (Å²) in [6.45, 7) is 2.92. The highest BCUT2D eigenvalue weighted by Crippen LogP contribution is 2.23. The third-order valence-electron chi connectivity index (χ3n) is 2.54. The minimum Gasteiger partial charge on any atom is -0.363 e. The van der Waals surface area contributed by atoms with Gasteiger partial charge in [0.1, 0.15) is 6.54 Å². The van der Waals surface area contributed by atoms with E-state index in [9.17, 15) is 13.2 Å². The van der Waals surface area contributed by atoms with Gasteiger partial charge in [0.25, 0.3) is 0 Å². The second-order valence-corrected chi connectivity index (χ2v) is 4.01. The highest BCUT2D eigenvalue weighted by molar-refractivity contribution is 5.48. The molecular weight excluding hydrogens is 229 g/mol. The average molecular weight is 246 g/mol. The number of nitrogens with zero attached hydrogens (tertiary/aromatic N) is 1. The minimum absolute atomic E-state index is 0.109. The van der Waals surface area contributed by atoms with Crippen LogP contribution in [0.2, 0.25) is 0 Å². The van der Waals surface area contributed by atoms with Crippen molar-refractivity contribution in [1.82, 2.24) is 0 Å². The van der Waals surface area contributed by atoms with Crippen LogP contribution in [0, 0.1) is 0 Å². The largest absolute Gasteiger partial charge is 0.405 e. The molecule has 0 saturated heterocycles. The van der Waals surface area contributed by atoms with Gasteiger partial charge < -0.3 is 10.6 Å². The van der Waals surface area contributed by atoms with Crippen molar-refractivity contribution in [3.8, 4) is 0 Å². The third-order valence-corrected chi connectivity index (χ3v) is 2.54. The quantitative estimate of drug-likeness (QED) is 0.884. The van der Waals surface area contributed by atoms with Gasteiger partial charge in [0, 0.05) is 18.3 Å². The topological polar surface area (TPSA) is 29.3 Å². The summed E-state index contributed by atoms with van der Waals surface area (Å²) in [7, 11) is 0. The molecule has 1 atom stereocenters. The van der Waals surface area contributed by atoms with E-state index in [4.69, 9.17) is 5.73 Å². The van der Waals surface area contributed by atoms with Gasteiger partial charge in [-0.05, 0) is 31.5 Å². The SMILES string of the molecule is CCN(CC(F)(F)F)c1ccc([C@@H](C)N)cc1. The Morgan fingerprint density at radius 1 is 1.24 bits per heavy atom. The summed E-state index contributed by atoms with van der Waals surface area (Å²) in [6.07, 6.45) is -4.18. The molecule has 0 unspecified atom stereocenters. The Bertz CT molecular complexity index is 344. The van der Waals surface area contributed by atoms with E-state index in [-0.39, 0.29) is 6.04 Å². The lowest BCUT2D eigenvalue weighted by atomic mass is 10.1. The Kier molecular flexibility index (Phi) is 4.40. The van der Waals surface area contributed by atoms with Gasteiger partial charge in [-0.3, -0.25) is 0 Å². The normalized spacial score (nSPS) is 13.5. The summed E-state index contributed by atoms with van der Waals surface area (Å²) < 4.78 is 37.0. The maximum atomic E-state index is 12.3. The molecule has 0 spiro atoms. The molecule has 0 amide bonds. The maximum absolute atomic E-state index is 12.3. The van der Waals surface area contributed by atoms with Gasteiger partial charge in [0.2, 0.25) is 0 Å². The first-order valence-corrected chi connectivity index (χ1v) is 5.50. The first kappa shape index (κ1) is 13.8. The van der Waals surface area contributed by atoms with Gasteiger partial charge in [-0.15, -0.1) is 0 Å². The Labute approximate surface area is 99.2 Å². The van der Waals surface area contributed by atoms with E-state index in [1.807, 2.05) is 6.92 Å². The summed E-state index contributed by atoms with van der Waals surface area (Å²) in [4.78, 5) is 1.28. The van der Waals surface area contributed by atoms with Crippen LogP contribution in [0.4, 0.5) is 18.9 Å². The van der Waals surface area contributed by atoms with E-state index in [2.05, 4.69) is 0 Å². The number of anilines is 1. The Morgan fingerprint density at radius 2 is 1.76 bits per heavy atom. The molecule has 1 aromatic carbocycles. The van der Waals surface area contributed by atoms with Crippen molar-refractivity contribution in [3.05, 3.63) is 29.8 Å². The molecule has 0 aliphatic carbocycles. The van der Waals surface area contributed by atoms with E-state index in [1.165, 1.54) is 4.90 Å². The molecule has 0 fully saturated rings. The molecule has 0 aliphatic rings. The lowest BCUT2D eigenvalue weighted by molar-refractivity contribution is -0.119. The van der Waals surface area contributed by atoms with Crippen molar-refractivity contribution in [2.75, 3.05) is 18.0 Å². The monoisotopic (exact) mass is 246 g/mol. The summed E-state index contributed by atoms with van der Waals surface area (Å²) in [5.74, 6) is 0. The van der Waals surface area contributed by atoms with Crippen LogP contribution >= 0.6 is 0 Å². The van der Waals surface area contributed by atoms with Crippen LogP contribution in [-0.2, 0) is 0 Å². The Hall–Kier alpha value is -1.23. The highest BCUT2D eigenvalue weighted by Gasteiger charge is 2.30. The molecule has 0 heterocycles. The fourth-order valence-electron chi connectivity index (χ4n) is 1.59. The number of rotatable bonds is 4. The van der Waals surface area contributed by atoms with Crippen molar-refractivity contribution in [2.45, 2.75) is 26.1 Å². The van der Waals surface area contributed by atoms with Crippen molar-refractivity contribution >= 4 is 5.69 Å². The van der Waals surface area contributed by atoms with E-state index in [0.29, 0.717) is 12.2 Å². The molecule has 0 bridgehead atoms. The van der Waals surface area contributed by atoms with Gasteiger partial charge in [-0.1, -0.05) is 12.1 Å². The predicted octanol–water partition coefficient (Wildman–Crippen LogP) is 3.09. The first-order chi connectivity index (χ1) is 7.83. The van der Waals surface area contributed by atoms with Gasteiger partial charge in [0.15, 0.2) is 0 Å². The zero-order valence-corrected chi connectivity index (χ0v) is 9.96. The summed E-state index contributed by atoms with van der Waals surface area (Å²) >= 11 is 0. The molecule has 2 nitrogen and oxygen atoms in total. The zero-order valence-electron chi connectivity index (χ0n) is 9.96. The Balaban J connectivity index is 2.82. The fourth-order valence-corrected chi connectivity index (χ4v) is 1.59. The standard InChI is InChI=1S/C12H17F3N2/c1-3-17(8-12(13,14)15)11-6-4-10(5-7-11)9(2)16/h4-7,9H,3,8,16H2,1-2H3/t9-/m1/s1. The van der Waals surface area contributed by atoms with Crippen LogP contribution in [-0.4, -0.2) is 19.3 Å².